The van der Waals surface area contributed by atoms with E-state index in [0.717, 1.165) is 29.8 Å². The molecule has 5 heteroatoms. The topological polar surface area (TPSA) is 59.8 Å². The fourth-order valence-electron chi connectivity index (χ4n) is 3.60. The van der Waals surface area contributed by atoms with E-state index in [1.54, 1.807) is 12.4 Å². The minimum absolute atomic E-state index is 0.0992. The van der Waals surface area contributed by atoms with Gasteiger partial charge in [-0.15, -0.1) is 0 Å². The molecule has 0 atom stereocenters. The number of rotatable bonds is 4. The molecule has 0 radical (unpaired) electrons. The van der Waals surface area contributed by atoms with Crippen LogP contribution >= 0.6 is 0 Å². The lowest BCUT2D eigenvalue weighted by molar-refractivity contribution is 0.0922. The molecule has 1 saturated carbocycles. The molecule has 5 nitrogen and oxygen atoms in total. The van der Waals surface area contributed by atoms with Crippen molar-refractivity contribution >= 4 is 5.91 Å². The number of amides is 1. The van der Waals surface area contributed by atoms with Crippen LogP contribution in [0.25, 0.3) is 16.9 Å². The van der Waals surface area contributed by atoms with Crippen LogP contribution in [0.3, 0.4) is 0 Å². The first kappa shape index (κ1) is 17.5. The maximum absolute atomic E-state index is 12.8. The zero-order valence-electron chi connectivity index (χ0n) is 15.6. The lowest BCUT2D eigenvalue weighted by atomic mass is 9.95. The van der Waals surface area contributed by atoms with E-state index >= 15 is 0 Å². The highest BCUT2D eigenvalue weighted by molar-refractivity contribution is 5.93. The van der Waals surface area contributed by atoms with E-state index in [4.69, 9.17) is 0 Å². The van der Waals surface area contributed by atoms with Crippen molar-refractivity contribution in [2.75, 3.05) is 0 Å². The SMILES string of the molecule is Cc1ccc(-n2nc(C(=O)NC3CCCCC3)cc2-c2cccnc2)cc1. The Labute approximate surface area is 159 Å². The summed E-state index contributed by atoms with van der Waals surface area (Å²) in [7, 11) is 0. The summed E-state index contributed by atoms with van der Waals surface area (Å²) < 4.78 is 1.83. The van der Waals surface area contributed by atoms with Gasteiger partial charge in [-0.1, -0.05) is 37.0 Å². The van der Waals surface area contributed by atoms with Crippen molar-refractivity contribution in [3.63, 3.8) is 0 Å². The van der Waals surface area contributed by atoms with Gasteiger partial charge in [-0.2, -0.15) is 5.10 Å². The van der Waals surface area contributed by atoms with E-state index in [2.05, 4.69) is 22.3 Å². The average molecular weight is 360 g/mol. The Kier molecular flexibility index (Phi) is 5.01. The molecule has 1 N–H and O–H groups in total. The van der Waals surface area contributed by atoms with Gasteiger partial charge >= 0.3 is 0 Å². The molecule has 1 amide bonds. The summed E-state index contributed by atoms with van der Waals surface area (Å²) >= 11 is 0. The predicted octanol–water partition coefficient (Wildman–Crippen LogP) is 4.31. The summed E-state index contributed by atoms with van der Waals surface area (Å²) in [6.45, 7) is 2.05. The van der Waals surface area contributed by atoms with Crippen LogP contribution in [0.1, 0.15) is 48.2 Å². The van der Waals surface area contributed by atoms with Gasteiger partial charge in [0, 0.05) is 24.0 Å². The molecular weight excluding hydrogens is 336 g/mol. The number of nitrogens with zero attached hydrogens (tertiary/aromatic N) is 3. The van der Waals surface area contributed by atoms with Crippen LogP contribution in [0.4, 0.5) is 0 Å². The van der Waals surface area contributed by atoms with Gasteiger partial charge in [0.25, 0.3) is 5.91 Å². The second kappa shape index (κ2) is 7.74. The molecule has 0 saturated heterocycles. The van der Waals surface area contributed by atoms with Crippen LogP contribution in [-0.2, 0) is 0 Å². The highest BCUT2D eigenvalue weighted by atomic mass is 16.2. The molecule has 1 aromatic carbocycles. The van der Waals surface area contributed by atoms with Gasteiger partial charge < -0.3 is 5.32 Å². The normalized spacial score (nSPS) is 14.9. The van der Waals surface area contributed by atoms with Crippen molar-refractivity contribution in [2.24, 2.45) is 0 Å². The van der Waals surface area contributed by atoms with Crippen molar-refractivity contribution in [1.82, 2.24) is 20.1 Å². The highest BCUT2D eigenvalue weighted by Crippen LogP contribution is 2.24. The fraction of sp³-hybridized carbons (Fsp3) is 0.318. The molecular formula is C22H24N4O. The molecule has 27 heavy (non-hydrogen) atoms. The molecule has 3 aromatic rings. The van der Waals surface area contributed by atoms with Gasteiger partial charge in [-0.05, 0) is 50.1 Å². The Morgan fingerprint density at radius 2 is 1.89 bits per heavy atom. The summed E-state index contributed by atoms with van der Waals surface area (Å²) in [4.78, 5) is 17.0. The van der Waals surface area contributed by atoms with Crippen LogP contribution < -0.4 is 5.32 Å². The van der Waals surface area contributed by atoms with E-state index in [1.807, 2.05) is 47.1 Å². The molecule has 0 spiro atoms. The van der Waals surface area contributed by atoms with E-state index in [9.17, 15) is 4.79 Å². The minimum Gasteiger partial charge on any atom is -0.348 e. The fourth-order valence-corrected chi connectivity index (χ4v) is 3.60. The Balaban J connectivity index is 1.69. The number of carbonyl (C=O) groups excluding carboxylic acids is 1. The lowest BCUT2D eigenvalue weighted by Gasteiger charge is -2.22. The lowest BCUT2D eigenvalue weighted by Crippen LogP contribution is -2.36. The first-order valence-corrected chi connectivity index (χ1v) is 9.59. The van der Waals surface area contributed by atoms with Crippen molar-refractivity contribution in [2.45, 2.75) is 45.1 Å². The number of benzene rings is 1. The number of pyridine rings is 1. The number of nitrogens with one attached hydrogen (secondary N) is 1. The zero-order valence-corrected chi connectivity index (χ0v) is 15.6. The van der Waals surface area contributed by atoms with Crippen molar-refractivity contribution < 1.29 is 4.79 Å². The smallest absolute Gasteiger partial charge is 0.272 e. The highest BCUT2D eigenvalue weighted by Gasteiger charge is 2.21. The molecule has 1 aliphatic carbocycles. The summed E-state index contributed by atoms with van der Waals surface area (Å²) in [5.74, 6) is -0.0992. The van der Waals surface area contributed by atoms with Gasteiger partial charge in [0.15, 0.2) is 5.69 Å². The quantitative estimate of drug-likeness (QED) is 0.754. The van der Waals surface area contributed by atoms with Gasteiger partial charge in [0.2, 0.25) is 0 Å². The minimum atomic E-state index is -0.0992. The number of aryl methyl sites for hydroxylation is 1. The number of hydrogen-bond acceptors (Lipinski definition) is 3. The van der Waals surface area contributed by atoms with Gasteiger partial charge in [-0.3, -0.25) is 9.78 Å². The standard InChI is InChI=1S/C22H24N4O/c1-16-9-11-19(12-10-16)26-21(17-6-5-13-23-15-17)14-20(25-26)22(27)24-18-7-3-2-4-8-18/h5-6,9-15,18H,2-4,7-8H2,1H3,(H,24,27). The monoisotopic (exact) mass is 360 g/mol. The summed E-state index contributed by atoms with van der Waals surface area (Å²) in [5.41, 5.74) is 4.35. The van der Waals surface area contributed by atoms with Crippen molar-refractivity contribution in [3.8, 4) is 16.9 Å². The van der Waals surface area contributed by atoms with E-state index in [1.165, 1.54) is 24.8 Å². The van der Waals surface area contributed by atoms with Crippen LogP contribution in [0.15, 0.2) is 54.9 Å². The number of carbonyl (C=O) groups is 1. The van der Waals surface area contributed by atoms with E-state index in [0.29, 0.717) is 5.69 Å². The maximum atomic E-state index is 12.8. The Morgan fingerprint density at radius 1 is 1.11 bits per heavy atom. The Bertz CT molecular complexity index is 909. The molecule has 138 valence electrons. The predicted molar refractivity (Wildman–Crippen MR) is 106 cm³/mol. The largest absolute Gasteiger partial charge is 0.348 e. The number of aromatic nitrogens is 3. The third kappa shape index (κ3) is 3.92. The van der Waals surface area contributed by atoms with Crippen LogP contribution in [0.5, 0.6) is 0 Å². The molecule has 0 bridgehead atoms. The molecule has 2 aromatic heterocycles. The first-order chi connectivity index (χ1) is 13.2. The first-order valence-electron chi connectivity index (χ1n) is 9.59. The maximum Gasteiger partial charge on any atom is 0.272 e. The van der Waals surface area contributed by atoms with E-state index in [-0.39, 0.29) is 11.9 Å². The van der Waals surface area contributed by atoms with Crippen LogP contribution in [0, 0.1) is 6.92 Å². The van der Waals surface area contributed by atoms with Crippen LogP contribution in [-0.4, -0.2) is 26.7 Å². The third-order valence-corrected chi connectivity index (χ3v) is 5.12. The van der Waals surface area contributed by atoms with Crippen molar-refractivity contribution in [1.29, 1.82) is 0 Å². The average Bonchev–Trinajstić information content (AvgIpc) is 3.16. The van der Waals surface area contributed by atoms with E-state index < -0.39 is 0 Å². The van der Waals surface area contributed by atoms with Crippen LogP contribution in [0.2, 0.25) is 0 Å². The molecule has 0 aliphatic heterocycles. The molecule has 1 aliphatic rings. The zero-order chi connectivity index (χ0) is 18.6. The van der Waals surface area contributed by atoms with Gasteiger partial charge in [0.1, 0.15) is 0 Å². The molecule has 1 fully saturated rings. The van der Waals surface area contributed by atoms with Gasteiger partial charge in [-0.25, -0.2) is 4.68 Å². The van der Waals surface area contributed by atoms with Crippen molar-refractivity contribution in [3.05, 3.63) is 66.1 Å². The summed E-state index contributed by atoms with van der Waals surface area (Å²) in [5, 5.41) is 7.79. The Morgan fingerprint density at radius 3 is 2.59 bits per heavy atom. The van der Waals surface area contributed by atoms with Gasteiger partial charge in [0.05, 0.1) is 11.4 Å². The Hall–Kier alpha value is -2.95. The summed E-state index contributed by atoms with van der Waals surface area (Å²) in [6.07, 6.45) is 9.28. The molecule has 0 unspecified atom stereocenters. The summed E-state index contributed by atoms with van der Waals surface area (Å²) in [6, 6.07) is 14.1. The molecule has 2 heterocycles. The number of hydrogen-bond donors (Lipinski definition) is 1. The second-order valence-corrected chi connectivity index (χ2v) is 7.21. The third-order valence-electron chi connectivity index (χ3n) is 5.12. The molecule has 4 rings (SSSR count). The second-order valence-electron chi connectivity index (χ2n) is 7.21.